The minimum atomic E-state index is -0.545. The van der Waals surface area contributed by atoms with Crippen molar-refractivity contribution in [1.29, 1.82) is 5.26 Å². The largest absolute Gasteiger partial charge is 0.462 e. The molecule has 3 nitrogen and oxygen atoms in total. The molecule has 0 aliphatic carbocycles. The van der Waals surface area contributed by atoms with Gasteiger partial charge in [0.15, 0.2) is 0 Å². The molecule has 0 N–H and O–H groups in total. The summed E-state index contributed by atoms with van der Waals surface area (Å²) in [5.41, 5.74) is 1.02. The van der Waals surface area contributed by atoms with Crippen LogP contribution in [0.1, 0.15) is 28.4 Å². The Kier molecular flexibility index (Phi) is 4.66. The van der Waals surface area contributed by atoms with Gasteiger partial charge in [0.1, 0.15) is 6.07 Å². The van der Waals surface area contributed by atoms with Crippen LogP contribution >= 0.6 is 24.2 Å². The van der Waals surface area contributed by atoms with E-state index in [1.54, 1.807) is 19.1 Å². The van der Waals surface area contributed by atoms with Crippen LogP contribution in [0.25, 0.3) is 0 Å². The number of esters is 1. The summed E-state index contributed by atoms with van der Waals surface area (Å²) in [5, 5.41) is 9.02. The normalized spacial score (nSPS) is 9.62. The van der Waals surface area contributed by atoms with E-state index in [2.05, 4.69) is 12.6 Å². The first-order valence-electron chi connectivity index (χ1n) is 4.63. The number of carbonyl (C=O) groups is 1. The second-order valence-electron chi connectivity index (χ2n) is 2.96. The third-order valence-electron chi connectivity index (χ3n) is 2.00. The molecule has 0 amide bonds. The van der Waals surface area contributed by atoms with Crippen molar-refractivity contribution in [1.82, 2.24) is 0 Å². The third kappa shape index (κ3) is 2.49. The summed E-state index contributed by atoms with van der Waals surface area (Å²) >= 11 is 9.83. The fourth-order valence-electron chi connectivity index (χ4n) is 1.28. The predicted octanol–water partition coefficient (Wildman–Crippen LogP) is 2.76. The van der Waals surface area contributed by atoms with E-state index in [0.717, 1.165) is 0 Å². The standard InChI is InChI=1S/C11H10ClNO2S/c1-2-15-11(14)10-8(6-13)7(5-12)3-4-9(10)16/h3-4,16H,2,5H2,1H3. The number of benzene rings is 1. The lowest BCUT2D eigenvalue weighted by molar-refractivity contribution is 0.0522. The Bertz CT molecular complexity index is 454. The highest BCUT2D eigenvalue weighted by molar-refractivity contribution is 7.80. The highest BCUT2D eigenvalue weighted by Crippen LogP contribution is 2.23. The number of nitriles is 1. The molecule has 0 bridgehead atoms. The van der Waals surface area contributed by atoms with E-state index in [4.69, 9.17) is 21.6 Å². The summed E-state index contributed by atoms with van der Waals surface area (Å²) < 4.78 is 4.87. The summed E-state index contributed by atoms with van der Waals surface area (Å²) in [6, 6.07) is 5.27. The van der Waals surface area contributed by atoms with Crippen LogP contribution in [0.2, 0.25) is 0 Å². The average Bonchev–Trinajstić information content (AvgIpc) is 2.28. The zero-order valence-corrected chi connectivity index (χ0v) is 10.3. The molecule has 0 saturated carbocycles. The van der Waals surface area contributed by atoms with E-state index >= 15 is 0 Å². The van der Waals surface area contributed by atoms with Gasteiger partial charge in [-0.25, -0.2) is 4.79 Å². The number of rotatable bonds is 3. The number of hydrogen-bond donors (Lipinski definition) is 1. The molecule has 0 saturated heterocycles. The number of alkyl halides is 1. The lowest BCUT2D eigenvalue weighted by Gasteiger charge is -2.09. The van der Waals surface area contributed by atoms with Gasteiger partial charge in [-0.15, -0.1) is 24.2 Å². The molecule has 0 aliphatic rings. The van der Waals surface area contributed by atoms with Gasteiger partial charge in [0, 0.05) is 10.8 Å². The minimum absolute atomic E-state index is 0.170. The van der Waals surface area contributed by atoms with E-state index in [1.165, 1.54) is 0 Å². The molecule has 0 aromatic heterocycles. The van der Waals surface area contributed by atoms with Crippen LogP contribution in [0.15, 0.2) is 17.0 Å². The molecule has 0 fully saturated rings. The zero-order valence-electron chi connectivity index (χ0n) is 8.66. The van der Waals surface area contributed by atoms with Gasteiger partial charge in [-0.2, -0.15) is 5.26 Å². The lowest BCUT2D eigenvalue weighted by atomic mass is 10.0. The maximum Gasteiger partial charge on any atom is 0.340 e. The van der Waals surface area contributed by atoms with Gasteiger partial charge in [-0.3, -0.25) is 0 Å². The van der Waals surface area contributed by atoms with Crippen molar-refractivity contribution in [2.24, 2.45) is 0 Å². The Morgan fingerprint density at radius 1 is 1.62 bits per heavy atom. The zero-order chi connectivity index (χ0) is 12.1. The predicted molar refractivity (Wildman–Crippen MR) is 63.9 cm³/mol. The smallest absolute Gasteiger partial charge is 0.340 e. The average molecular weight is 256 g/mol. The van der Waals surface area contributed by atoms with Crippen molar-refractivity contribution >= 4 is 30.2 Å². The van der Waals surface area contributed by atoms with E-state index in [-0.39, 0.29) is 23.6 Å². The summed E-state index contributed by atoms with van der Waals surface area (Å²) in [7, 11) is 0. The quantitative estimate of drug-likeness (QED) is 0.513. The fraction of sp³-hybridized carbons (Fsp3) is 0.273. The summed E-state index contributed by atoms with van der Waals surface area (Å²) in [6.07, 6.45) is 0. The Morgan fingerprint density at radius 2 is 2.31 bits per heavy atom. The molecule has 0 unspecified atom stereocenters. The Hall–Kier alpha value is -1.18. The topological polar surface area (TPSA) is 50.1 Å². The maximum absolute atomic E-state index is 11.6. The maximum atomic E-state index is 11.6. The van der Waals surface area contributed by atoms with Crippen molar-refractivity contribution in [3.8, 4) is 6.07 Å². The highest BCUT2D eigenvalue weighted by atomic mass is 35.5. The first-order chi connectivity index (χ1) is 7.65. The fourth-order valence-corrected chi connectivity index (χ4v) is 1.78. The molecular weight excluding hydrogens is 246 g/mol. The summed E-state index contributed by atoms with van der Waals surface area (Å²) in [4.78, 5) is 12.1. The molecule has 0 atom stereocenters. The number of hydrogen-bond acceptors (Lipinski definition) is 4. The van der Waals surface area contributed by atoms with Crippen LogP contribution in [0, 0.1) is 11.3 Å². The molecule has 0 heterocycles. The van der Waals surface area contributed by atoms with Crippen molar-refractivity contribution in [3.63, 3.8) is 0 Å². The highest BCUT2D eigenvalue weighted by Gasteiger charge is 2.18. The first kappa shape index (κ1) is 12.9. The number of halogens is 1. The molecule has 1 rings (SSSR count). The van der Waals surface area contributed by atoms with Gasteiger partial charge in [-0.1, -0.05) is 6.07 Å². The number of ether oxygens (including phenoxy) is 1. The summed E-state index contributed by atoms with van der Waals surface area (Å²) in [5.74, 6) is -0.375. The van der Waals surface area contributed by atoms with Crippen LogP contribution in [-0.2, 0) is 10.6 Å². The molecule has 1 aromatic rings. The van der Waals surface area contributed by atoms with Gasteiger partial charge in [0.25, 0.3) is 0 Å². The number of thiol groups is 1. The SMILES string of the molecule is CCOC(=O)c1c(S)ccc(CCl)c1C#N. The van der Waals surface area contributed by atoms with E-state index in [0.29, 0.717) is 10.5 Å². The van der Waals surface area contributed by atoms with Gasteiger partial charge in [-0.05, 0) is 18.6 Å². The van der Waals surface area contributed by atoms with Gasteiger partial charge in [0.2, 0.25) is 0 Å². The molecule has 0 radical (unpaired) electrons. The van der Waals surface area contributed by atoms with Crippen LogP contribution in [0.3, 0.4) is 0 Å². The second-order valence-corrected chi connectivity index (χ2v) is 3.71. The van der Waals surface area contributed by atoms with Crippen LogP contribution in [0.5, 0.6) is 0 Å². The second kappa shape index (κ2) is 5.78. The van der Waals surface area contributed by atoms with Gasteiger partial charge in [0.05, 0.1) is 17.7 Å². The van der Waals surface area contributed by atoms with Crippen LogP contribution < -0.4 is 0 Å². The summed E-state index contributed by atoms with van der Waals surface area (Å²) in [6.45, 7) is 1.95. The van der Waals surface area contributed by atoms with Crippen molar-refractivity contribution < 1.29 is 9.53 Å². The number of nitrogens with zero attached hydrogens (tertiary/aromatic N) is 1. The molecule has 84 valence electrons. The van der Waals surface area contributed by atoms with Crippen molar-refractivity contribution in [2.75, 3.05) is 6.61 Å². The Morgan fingerprint density at radius 3 is 2.81 bits per heavy atom. The Labute approximate surface area is 104 Å². The van der Waals surface area contributed by atoms with Gasteiger partial charge < -0.3 is 4.74 Å². The third-order valence-corrected chi connectivity index (χ3v) is 2.67. The lowest BCUT2D eigenvalue weighted by Crippen LogP contribution is -2.09. The Balaban J connectivity index is 3.35. The van der Waals surface area contributed by atoms with E-state index in [1.807, 2.05) is 6.07 Å². The van der Waals surface area contributed by atoms with E-state index in [9.17, 15) is 4.79 Å². The molecule has 1 aromatic carbocycles. The monoisotopic (exact) mass is 255 g/mol. The van der Waals surface area contributed by atoms with Crippen molar-refractivity contribution in [2.45, 2.75) is 17.7 Å². The van der Waals surface area contributed by atoms with Crippen molar-refractivity contribution in [3.05, 3.63) is 28.8 Å². The molecule has 5 heteroatoms. The first-order valence-corrected chi connectivity index (χ1v) is 5.61. The molecule has 0 spiro atoms. The van der Waals surface area contributed by atoms with Crippen LogP contribution in [0.4, 0.5) is 0 Å². The van der Waals surface area contributed by atoms with E-state index < -0.39 is 5.97 Å². The number of carbonyl (C=O) groups excluding carboxylic acids is 1. The molecule has 0 aliphatic heterocycles. The van der Waals surface area contributed by atoms with Crippen LogP contribution in [-0.4, -0.2) is 12.6 Å². The molecule has 16 heavy (non-hydrogen) atoms. The van der Waals surface area contributed by atoms with Gasteiger partial charge >= 0.3 is 5.97 Å². The molecular formula is C11H10ClNO2S. The minimum Gasteiger partial charge on any atom is -0.462 e.